The number of esters is 1. The molecule has 104 valence electrons. The van der Waals surface area contributed by atoms with Crippen LogP contribution in [0.25, 0.3) is 0 Å². The van der Waals surface area contributed by atoms with Crippen molar-refractivity contribution >= 4 is 33.5 Å². The maximum absolute atomic E-state index is 11.4. The van der Waals surface area contributed by atoms with E-state index < -0.39 is 0 Å². The maximum Gasteiger partial charge on any atom is 0.306 e. The number of hydrogen-bond donors (Lipinski definition) is 1. The summed E-state index contributed by atoms with van der Waals surface area (Å²) in [7, 11) is 0. The standard InChI is InChI=1S/C14H18BrNO3/c1-4-19-14(18)6-5-11-7-12(16-10(3)17)8-13(15)9(11)2/h7-8H,4-6H2,1-3H3,(H,16,17). The maximum atomic E-state index is 11.4. The number of anilines is 1. The van der Waals surface area contributed by atoms with E-state index in [9.17, 15) is 9.59 Å². The molecule has 1 amide bonds. The van der Waals surface area contributed by atoms with E-state index in [1.807, 2.05) is 19.1 Å². The van der Waals surface area contributed by atoms with Gasteiger partial charge in [0.2, 0.25) is 5.91 Å². The summed E-state index contributed by atoms with van der Waals surface area (Å²) in [4.78, 5) is 22.4. The molecule has 0 unspecified atom stereocenters. The van der Waals surface area contributed by atoms with E-state index in [-0.39, 0.29) is 11.9 Å². The third-order valence-corrected chi connectivity index (χ3v) is 3.50. The van der Waals surface area contributed by atoms with E-state index in [2.05, 4.69) is 21.2 Å². The summed E-state index contributed by atoms with van der Waals surface area (Å²) in [5, 5.41) is 2.74. The molecule has 1 aromatic carbocycles. The second-order valence-corrected chi connectivity index (χ2v) is 5.08. The summed E-state index contributed by atoms with van der Waals surface area (Å²) >= 11 is 3.46. The SMILES string of the molecule is CCOC(=O)CCc1cc(NC(C)=O)cc(Br)c1C. The Labute approximate surface area is 121 Å². The van der Waals surface area contributed by atoms with Crippen LogP contribution in [0.1, 0.15) is 31.4 Å². The fraction of sp³-hybridized carbons (Fsp3) is 0.429. The average molecular weight is 328 g/mol. The number of hydrogen-bond acceptors (Lipinski definition) is 3. The van der Waals surface area contributed by atoms with E-state index in [4.69, 9.17) is 4.74 Å². The molecular formula is C14H18BrNO3. The van der Waals surface area contributed by atoms with E-state index in [1.54, 1.807) is 6.92 Å². The van der Waals surface area contributed by atoms with Gasteiger partial charge in [-0.3, -0.25) is 9.59 Å². The zero-order chi connectivity index (χ0) is 14.4. The minimum absolute atomic E-state index is 0.118. The van der Waals surface area contributed by atoms with Gasteiger partial charge in [-0.2, -0.15) is 0 Å². The highest BCUT2D eigenvalue weighted by atomic mass is 79.9. The number of halogens is 1. The molecule has 0 aliphatic carbocycles. The van der Waals surface area contributed by atoms with Gasteiger partial charge in [0.25, 0.3) is 0 Å². The van der Waals surface area contributed by atoms with Crippen LogP contribution in [-0.4, -0.2) is 18.5 Å². The van der Waals surface area contributed by atoms with Crippen molar-refractivity contribution in [1.82, 2.24) is 0 Å². The summed E-state index contributed by atoms with van der Waals surface area (Å²) in [6.45, 7) is 5.62. The van der Waals surface area contributed by atoms with Crippen LogP contribution in [0.4, 0.5) is 5.69 Å². The molecule has 1 rings (SSSR count). The number of aryl methyl sites for hydroxylation is 1. The predicted octanol–water partition coefficient (Wildman–Crippen LogP) is 3.21. The number of nitrogens with one attached hydrogen (secondary N) is 1. The average Bonchev–Trinajstić information content (AvgIpc) is 2.31. The third kappa shape index (κ3) is 5.03. The summed E-state index contributed by atoms with van der Waals surface area (Å²) < 4.78 is 5.82. The van der Waals surface area contributed by atoms with Gasteiger partial charge >= 0.3 is 5.97 Å². The van der Waals surface area contributed by atoms with Crippen LogP contribution in [0, 0.1) is 6.92 Å². The normalized spacial score (nSPS) is 10.1. The minimum atomic E-state index is -0.206. The molecule has 0 aliphatic rings. The fourth-order valence-corrected chi connectivity index (χ4v) is 2.24. The van der Waals surface area contributed by atoms with Gasteiger partial charge in [0.05, 0.1) is 6.61 Å². The van der Waals surface area contributed by atoms with Crippen LogP contribution >= 0.6 is 15.9 Å². The van der Waals surface area contributed by atoms with Crippen molar-refractivity contribution in [3.8, 4) is 0 Å². The molecule has 19 heavy (non-hydrogen) atoms. The van der Waals surface area contributed by atoms with E-state index in [1.165, 1.54) is 6.92 Å². The molecule has 0 atom stereocenters. The van der Waals surface area contributed by atoms with Crippen LogP contribution in [0.15, 0.2) is 16.6 Å². The Morgan fingerprint density at radius 3 is 2.63 bits per heavy atom. The lowest BCUT2D eigenvalue weighted by atomic mass is 10.0. The largest absolute Gasteiger partial charge is 0.466 e. The van der Waals surface area contributed by atoms with Gasteiger partial charge in [-0.1, -0.05) is 15.9 Å². The number of carbonyl (C=O) groups is 2. The van der Waals surface area contributed by atoms with Crippen molar-refractivity contribution in [1.29, 1.82) is 0 Å². The van der Waals surface area contributed by atoms with Gasteiger partial charge in [-0.05, 0) is 43.5 Å². The Morgan fingerprint density at radius 2 is 2.05 bits per heavy atom. The van der Waals surface area contributed by atoms with Crippen molar-refractivity contribution in [2.45, 2.75) is 33.6 Å². The van der Waals surface area contributed by atoms with Gasteiger partial charge in [0.15, 0.2) is 0 Å². The van der Waals surface area contributed by atoms with Crippen molar-refractivity contribution in [2.75, 3.05) is 11.9 Å². The molecule has 0 aliphatic heterocycles. The Kier molecular flexibility index (Phi) is 6.02. The number of amides is 1. The first kappa shape index (κ1) is 15.7. The zero-order valence-electron chi connectivity index (χ0n) is 11.4. The van der Waals surface area contributed by atoms with Crippen LogP contribution in [0.3, 0.4) is 0 Å². The summed E-state index contributed by atoms with van der Waals surface area (Å²) in [6.07, 6.45) is 0.932. The van der Waals surface area contributed by atoms with Crippen molar-refractivity contribution in [3.05, 3.63) is 27.7 Å². The van der Waals surface area contributed by atoms with Gasteiger partial charge in [0.1, 0.15) is 0 Å². The molecule has 1 N–H and O–H groups in total. The number of ether oxygens (including phenoxy) is 1. The van der Waals surface area contributed by atoms with Crippen LogP contribution in [-0.2, 0) is 20.7 Å². The fourth-order valence-electron chi connectivity index (χ4n) is 1.74. The molecule has 5 heteroatoms. The van der Waals surface area contributed by atoms with Gasteiger partial charge in [-0.25, -0.2) is 0 Å². The van der Waals surface area contributed by atoms with Crippen LogP contribution in [0.5, 0.6) is 0 Å². The number of benzene rings is 1. The molecule has 0 bridgehead atoms. The highest BCUT2D eigenvalue weighted by Gasteiger charge is 2.09. The Balaban J connectivity index is 2.83. The zero-order valence-corrected chi connectivity index (χ0v) is 13.0. The Morgan fingerprint density at radius 1 is 1.37 bits per heavy atom. The molecule has 0 saturated carbocycles. The van der Waals surface area contributed by atoms with Crippen molar-refractivity contribution < 1.29 is 14.3 Å². The molecule has 1 aromatic rings. The first-order chi connectivity index (χ1) is 8.93. The lowest BCUT2D eigenvalue weighted by molar-refractivity contribution is -0.143. The first-order valence-electron chi connectivity index (χ1n) is 6.16. The highest BCUT2D eigenvalue weighted by Crippen LogP contribution is 2.26. The smallest absolute Gasteiger partial charge is 0.306 e. The predicted molar refractivity (Wildman–Crippen MR) is 78.1 cm³/mol. The van der Waals surface area contributed by atoms with Crippen molar-refractivity contribution in [2.24, 2.45) is 0 Å². The third-order valence-electron chi connectivity index (χ3n) is 2.68. The van der Waals surface area contributed by atoms with Gasteiger partial charge < -0.3 is 10.1 Å². The van der Waals surface area contributed by atoms with Gasteiger partial charge in [-0.15, -0.1) is 0 Å². The van der Waals surface area contributed by atoms with E-state index in [0.717, 1.165) is 21.3 Å². The second kappa shape index (κ2) is 7.28. The lowest BCUT2D eigenvalue weighted by Gasteiger charge is -2.11. The molecule has 0 fully saturated rings. The Hall–Kier alpha value is -1.36. The summed E-state index contributed by atoms with van der Waals surface area (Å²) in [5.41, 5.74) is 2.81. The molecular weight excluding hydrogens is 310 g/mol. The van der Waals surface area contributed by atoms with Crippen molar-refractivity contribution in [3.63, 3.8) is 0 Å². The summed E-state index contributed by atoms with van der Waals surface area (Å²) in [6, 6.07) is 3.74. The lowest BCUT2D eigenvalue weighted by Crippen LogP contribution is -2.08. The number of carbonyl (C=O) groups excluding carboxylic acids is 2. The molecule has 0 saturated heterocycles. The van der Waals surface area contributed by atoms with Crippen LogP contribution < -0.4 is 5.32 Å². The topological polar surface area (TPSA) is 55.4 Å². The number of rotatable bonds is 5. The van der Waals surface area contributed by atoms with E-state index in [0.29, 0.717) is 19.4 Å². The monoisotopic (exact) mass is 327 g/mol. The quantitative estimate of drug-likeness (QED) is 0.845. The molecule has 0 spiro atoms. The first-order valence-corrected chi connectivity index (χ1v) is 6.95. The summed E-state index contributed by atoms with van der Waals surface area (Å²) in [5.74, 6) is -0.324. The van der Waals surface area contributed by atoms with Gasteiger partial charge in [0, 0.05) is 23.5 Å². The highest BCUT2D eigenvalue weighted by molar-refractivity contribution is 9.10. The molecule has 0 radical (unpaired) electrons. The molecule has 0 heterocycles. The van der Waals surface area contributed by atoms with E-state index >= 15 is 0 Å². The Bertz CT molecular complexity index is 486. The second-order valence-electron chi connectivity index (χ2n) is 4.23. The minimum Gasteiger partial charge on any atom is -0.466 e. The molecule has 4 nitrogen and oxygen atoms in total. The van der Waals surface area contributed by atoms with Crippen LogP contribution in [0.2, 0.25) is 0 Å². The molecule has 0 aromatic heterocycles.